The molecule has 0 fully saturated rings. The van der Waals surface area contributed by atoms with Crippen LogP contribution < -0.4 is 10.0 Å². The molecule has 30 heavy (non-hydrogen) atoms. The van der Waals surface area contributed by atoms with Crippen LogP contribution in [0.5, 0.6) is 0 Å². The van der Waals surface area contributed by atoms with Crippen LogP contribution in [-0.4, -0.2) is 20.1 Å². The molecule has 1 amide bonds. The van der Waals surface area contributed by atoms with E-state index in [-0.39, 0.29) is 29.2 Å². The minimum atomic E-state index is -3.74. The van der Waals surface area contributed by atoms with Crippen molar-refractivity contribution in [3.63, 3.8) is 0 Å². The Bertz CT molecular complexity index is 1150. The van der Waals surface area contributed by atoms with Gasteiger partial charge in [0.25, 0.3) is 5.91 Å². The van der Waals surface area contributed by atoms with Crippen LogP contribution in [0.15, 0.2) is 75.1 Å². The number of hydrogen-bond acceptors (Lipinski definition) is 5. The van der Waals surface area contributed by atoms with Crippen molar-refractivity contribution in [3.05, 3.63) is 83.6 Å². The van der Waals surface area contributed by atoms with Gasteiger partial charge < -0.3 is 9.73 Å². The third-order valence-electron chi connectivity index (χ3n) is 4.76. The standard InChI is InChI=1S/C21H19FN2O4S2/c22-15-5-8-20-18(12-15)19(9-11-29-20)24-21(25)14-3-6-17(7-4-14)30(26,27)23-13-16-2-1-10-28-16/h1-8,10,12,19,23H,9,11,13H2,(H,24,25). The second kappa shape index (κ2) is 8.63. The maximum atomic E-state index is 13.6. The molecule has 0 saturated heterocycles. The molecule has 1 aliphatic heterocycles. The van der Waals surface area contributed by atoms with E-state index in [9.17, 15) is 17.6 Å². The van der Waals surface area contributed by atoms with E-state index in [1.807, 2.05) is 0 Å². The highest BCUT2D eigenvalue weighted by molar-refractivity contribution is 7.99. The predicted molar refractivity (Wildman–Crippen MR) is 111 cm³/mol. The van der Waals surface area contributed by atoms with Crippen molar-refractivity contribution in [1.29, 1.82) is 0 Å². The molecular weight excluding hydrogens is 427 g/mol. The van der Waals surface area contributed by atoms with Crippen LogP contribution in [0.3, 0.4) is 0 Å². The van der Waals surface area contributed by atoms with Gasteiger partial charge in [0.05, 0.1) is 23.7 Å². The molecular formula is C21H19FN2O4S2. The number of nitrogens with one attached hydrogen (secondary N) is 2. The molecule has 2 aromatic carbocycles. The molecule has 0 aliphatic carbocycles. The molecule has 9 heteroatoms. The Morgan fingerprint density at radius 2 is 1.97 bits per heavy atom. The summed E-state index contributed by atoms with van der Waals surface area (Å²) >= 11 is 1.63. The molecule has 0 spiro atoms. The van der Waals surface area contributed by atoms with Gasteiger partial charge in [0.2, 0.25) is 10.0 Å². The second-order valence-electron chi connectivity index (χ2n) is 6.77. The number of amides is 1. The summed E-state index contributed by atoms with van der Waals surface area (Å²) in [4.78, 5) is 13.7. The van der Waals surface area contributed by atoms with Gasteiger partial charge in [-0.1, -0.05) is 0 Å². The summed E-state index contributed by atoms with van der Waals surface area (Å²) in [6.45, 7) is 0.0350. The van der Waals surface area contributed by atoms with Crippen molar-refractivity contribution in [1.82, 2.24) is 10.0 Å². The van der Waals surface area contributed by atoms with Crippen molar-refractivity contribution >= 4 is 27.7 Å². The molecule has 2 heterocycles. The van der Waals surface area contributed by atoms with Crippen LogP contribution in [-0.2, 0) is 16.6 Å². The first-order valence-corrected chi connectivity index (χ1v) is 11.7. The van der Waals surface area contributed by atoms with E-state index >= 15 is 0 Å². The largest absolute Gasteiger partial charge is 0.468 e. The maximum absolute atomic E-state index is 13.6. The number of thioether (sulfide) groups is 1. The van der Waals surface area contributed by atoms with Crippen molar-refractivity contribution in [2.24, 2.45) is 0 Å². The Labute approximate surface area is 177 Å². The number of hydrogen-bond donors (Lipinski definition) is 2. The molecule has 156 valence electrons. The summed E-state index contributed by atoms with van der Waals surface area (Å²) in [5.41, 5.74) is 1.09. The summed E-state index contributed by atoms with van der Waals surface area (Å²) in [5.74, 6) is 0.640. The first kappa shape index (κ1) is 20.6. The lowest BCUT2D eigenvalue weighted by molar-refractivity contribution is 0.0934. The normalized spacial score (nSPS) is 16.1. The van der Waals surface area contributed by atoms with Crippen LogP contribution in [0, 0.1) is 5.82 Å². The van der Waals surface area contributed by atoms with E-state index in [0.717, 1.165) is 16.2 Å². The van der Waals surface area contributed by atoms with Crippen LogP contribution in [0.25, 0.3) is 0 Å². The predicted octanol–water partition coefficient (Wildman–Crippen LogP) is 3.86. The van der Waals surface area contributed by atoms with Gasteiger partial charge in [-0.2, -0.15) is 0 Å². The molecule has 2 N–H and O–H groups in total. The molecule has 6 nitrogen and oxygen atoms in total. The van der Waals surface area contributed by atoms with Crippen LogP contribution in [0.4, 0.5) is 4.39 Å². The van der Waals surface area contributed by atoms with Crippen molar-refractivity contribution < 1.29 is 22.0 Å². The lowest BCUT2D eigenvalue weighted by Crippen LogP contribution is -2.30. The summed E-state index contributed by atoms with van der Waals surface area (Å²) in [6, 6.07) is 13.3. The zero-order chi connectivity index (χ0) is 21.1. The van der Waals surface area contributed by atoms with Crippen molar-refractivity contribution in [2.75, 3.05) is 5.75 Å². The lowest BCUT2D eigenvalue weighted by atomic mass is 10.0. The average molecular weight is 447 g/mol. The van der Waals surface area contributed by atoms with Crippen LogP contribution in [0.1, 0.15) is 34.1 Å². The second-order valence-corrected chi connectivity index (χ2v) is 9.68. The number of carbonyl (C=O) groups is 1. The lowest BCUT2D eigenvalue weighted by Gasteiger charge is -2.26. The summed E-state index contributed by atoms with van der Waals surface area (Å²) in [7, 11) is -3.74. The number of benzene rings is 2. The maximum Gasteiger partial charge on any atom is 0.251 e. The number of rotatable bonds is 6. The van der Waals surface area contributed by atoms with Gasteiger partial charge in [0.15, 0.2) is 0 Å². The van der Waals surface area contributed by atoms with Gasteiger partial charge in [-0.25, -0.2) is 17.5 Å². The number of carbonyl (C=O) groups excluding carboxylic acids is 1. The SMILES string of the molecule is O=C(NC1CCSc2ccc(F)cc21)c1ccc(S(=O)(=O)NCc2ccco2)cc1. The molecule has 1 aliphatic rings. The molecule has 1 atom stereocenters. The Morgan fingerprint density at radius 3 is 2.70 bits per heavy atom. The van der Waals surface area contributed by atoms with Crippen molar-refractivity contribution in [2.45, 2.75) is 28.8 Å². The van der Waals surface area contributed by atoms with Gasteiger partial charge in [-0.05, 0) is 66.6 Å². The molecule has 1 unspecified atom stereocenters. The van der Waals surface area contributed by atoms with Gasteiger partial charge in [-0.3, -0.25) is 4.79 Å². The Hall–Kier alpha value is -2.62. The van der Waals surface area contributed by atoms with E-state index in [1.54, 1.807) is 30.0 Å². The zero-order valence-corrected chi connectivity index (χ0v) is 17.4. The molecule has 0 saturated carbocycles. The Kier molecular flexibility index (Phi) is 5.94. The van der Waals surface area contributed by atoms with E-state index in [1.165, 1.54) is 42.7 Å². The minimum Gasteiger partial charge on any atom is -0.468 e. The van der Waals surface area contributed by atoms with E-state index in [4.69, 9.17) is 4.42 Å². The summed E-state index contributed by atoms with van der Waals surface area (Å²) in [6.07, 6.45) is 2.16. The van der Waals surface area contributed by atoms with Crippen molar-refractivity contribution in [3.8, 4) is 0 Å². The third-order valence-corrected chi connectivity index (χ3v) is 7.30. The highest BCUT2D eigenvalue weighted by Gasteiger charge is 2.24. The van der Waals surface area contributed by atoms with E-state index < -0.39 is 10.0 Å². The number of sulfonamides is 1. The minimum absolute atomic E-state index is 0.0350. The van der Waals surface area contributed by atoms with E-state index in [2.05, 4.69) is 10.0 Å². The Morgan fingerprint density at radius 1 is 1.17 bits per heavy atom. The van der Waals surface area contributed by atoms with Gasteiger partial charge >= 0.3 is 0 Å². The monoisotopic (exact) mass is 446 g/mol. The van der Waals surface area contributed by atoms with Gasteiger partial charge in [-0.15, -0.1) is 11.8 Å². The molecule has 1 aromatic heterocycles. The average Bonchev–Trinajstić information content (AvgIpc) is 3.27. The zero-order valence-electron chi connectivity index (χ0n) is 15.8. The fourth-order valence-electron chi connectivity index (χ4n) is 3.20. The number of halogens is 1. The summed E-state index contributed by atoms with van der Waals surface area (Å²) < 4.78 is 46.0. The first-order chi connectivity index (χ1) is 14.4. The Balaban J connectivity index is 1.44. The highest BCUT2D eigenvalue weighted by Crippen LogP contribution is 2.36. The topological polar surface area (TPSA) is 88.4 Å². The molecule has 3 aromatic rings. The van der Waals surface area contributed by atoms with Crippen LogP contribution >= 0.6 is 11.8 Å². The molecule has 0 radical (unpaired) electrons. The molecule has 0 bridgehead atoms. The quantitative estimate of drug-likeness (QED) is 0.600. The smallest absolute Gasteiger partial charge is 0.251 e. The van der Waals surface area contributed by atoms with Crippen LogP contribution in [0.2, 0.25) is 0 Å². The first-order valence-electron chi connectivity index (χ1n) is 9.27. The highest BCUT2D eigenvalue weighted by atomic mass is 32.2. The van der Waals surface area contributed by atoms with Gasteiger partial charge in [0.1, 0.15) is 11.6 Å². The third kappa shape index (κ3) is 4.58. The summed E-state index contributed by atoms with van der Waals surface area (Å²) in [5, 5.41) is 2.92. The van der Waals surface area contributed by atoms with E-state index in [0.29, 0.717) is 17.7 Å². The fraction of sp³-hybridized carbons (Fsp3) is 0.190. The molecule has 4 rings (SSSR count). The van der Waals surface area contributed by atoms with Gasteiger partial charge in [0, 0.05) is 16.2 Å². The fourth-order valence-corrected chi connectivity index (χ4v) is 5.30. The number of fused-ring (bicyclic) bond motifs is 1. The number of furan rings is 1.